The highest BCUT2D eigenvalue weighted by Crippen LogP contribution is 2.51. The molecule has 5 heteroatoms. The van der Waals surface area contributed by atoms with Gasteiger partial charge >= 0.3 is 6.09 Å². The summed E-state index contributed by atoms with van der Waals surface area (Å²) in [5.74, 6) is 0.612. The number of amides is 1. The highest BCUT2D eigenvalue weighted by atomic mass is 16.6. The van der Waals surface area contributed by atoms with E-state index in [0.29, 0.717) is 12.0 Å². The van der Waals surface area contributed by atoms with Gasteiger partial charge in [0.05, 0.1) is 6.04 Å². The second kappa shape index (κ2) is 9.01. The third kappa shape index (κ3) is 4.48. The molecular formula is C29H39N3O2. The summed E-state index contributed by atoms with van der Waals surface area (Å²) >= 11 is 0. The van der Waals surface area contributed by atoms with Gasteiger partial charge in [-0.2, -0.15) is 0 Å². The van der Waals surface area contributed by atoms with Crippen molar-refractivity contribution in [2.24, 2.45) is 5.92 Å². The molecule has 3 fully saturated rings. The number of likely N-dealkylation sites (tertiary alicyclic amines) is 1. The van der Waals surface area contributed by atoms with Crippen molar-refractivity contribution in [2.45, 2.75) is 75.7 Å². The molecule has 182 valence electrons. The number of piperidine rings is 1. The van der Waals surface area contributed by atoms with Crippen LogP contribution in [0.5, 0.6) is 0 Å². The molecule has 3 aliphatic rings. The lowest BCUT2D eigenvalue weighted by atomic mass is 9.71. The van der Waals surface area contributed by atoms with E-state index in [2.05, 4.69) is 82.8 Å². The van der Waals surface area contributed by atoms with Crippen LogP contribution in [0.1, 0.15) is 63.6 Å². The Bertz CT molecular complexity index is 944. The fourth-order valence-electron chi connectivity index (χ4n) is 6.70. The molecule has 5 rings (SSSR count). The molecule has 0 saturated carbocycles. The first kappa shape index (κ1) is 23.4. The molecule has 2 bridgehead atoms. The largest absolute Gasteiger partial charge is 0.444 e. The smallest absolute Gasteiger partial charge is 0.407 e. The van der Waals surface area contributed by atoms with E-state index in [1.165, 1.54) is 24.0 Å². The van der Waals surface area contributed by atoms with Crippen molar-refractivity contribution < 1.29 is 9.53 Å². The van der Waals surface area contributed by atoms with E-state index in [0.717, 1.165) is 25.9 Å². The molecule has 3 atom stereocenters. The molecule has 0 spiro atoms. The number of carbonyl (C=O) groups is 1. The molecule has 0 aromatic heterocycles. The summed E-state index contributed by atoms with van der Waals surface area (Å²) in [6, 6.07) is 22.8. The summed E-state index contributed by atoms with van der Waals surface area (Å²) in [7, 11) is 2.32. The first-order valence-corrected chi connectivity index (χ1v) is 12.8. The van der Waals surface area contributed by atoms with E-state index in [1.54, 1.807) is 0 Å². The molecule has 3 saturated heterocycles. The lowest BCUT2D eigenvalue weighted by molar-refractivity contribution is -0.0656. The van der Waals surface area contributed by atoms with Crippen LogP contribution in [-0.2, 0) is 4.74 Å². The second-order valence-electron chi connectivity index (χ2n) is 11.6. The van der Waals surface area contributed by atoms with Gasteiger partial charge in [-0.05, 0) is 64.6 Å². The third-order valence-electron chi connectivity index (χ3n) is 8.30. The number of alkyl carbamates (subject to hydrolysis) is 1. The first-order chi connectivity index (χ1) is 16.2. The molecule has 3 heterocycles. The molecule has 0 aliphatic carbocycles. The van der Waals surface area contributed by atoms with Gasteiger partial charge in [-0.1, -0.05) is 60.7 Å². The zero-order chi connectivity index (χ0) is 23.9. The number of rotatable bonds is 5. The highest BCUT2D eigenvalue weighted by Gasteiger charge is 2.57. The van der Waals surface area contributed by atoms with E-state index < -0.39 is 5.60 Å². The number of nitrogens with zero attached hydrogens (tertiary/aromatic N) is 2. The third-order valence-corrected chi connectivity index (χ3v) is 8.30. The average molecular weight is 462 g/mol. The fraction of sp³-hybridized carbons (Fsp3) is 0.552. The van der Waals surface area contributed by atoms with Crippen LogP contribution in [0.25, 0.3) is 0 Å². The number of fused-ring (bicyclic) bond motifs is 2. The summed E-state index contributed by atoms with van der Waals surface area (Å²) in [4.78, 5) is 17.8. The number of carbonyl (C=O) groups excluding carboxylic acids is 1. The van der Waals surface area contributed by atoms with Gasteiger partial charge < -0.3 is 10.1 Å². The SMILES string of the molecule is CN1C2CCC1(C1CN(C(c3ccccc3)c3ccccc3)C1)CC(NC(=O)OC(C)(C)C)C2. The normalized spacial score (nSPS) is 28.0. The minimum Gasteiger partial charge on any atom is -0.444 e. The fourth-order valence-corrected chi connectivity index (χ4v) is 6.70. The van der Waals surface area contributed by atoms with Crippen LogP contribution < -0.4 is 5.32 Å². The van der Waals surface area contributed by atoms with Crippen molar-refractivity contribution in [1.29, 1.82) is 0 Å². The summed E-state index contributed by atoms with van der Waals surface area (Å²) in [5.41, 5.74) is 2.41. The molecule has 34 heavy (non-hydrogen) atoms. The van der Waals surface area contributed by atoms with Crippen molar-refractivity contribution in [2.75, 3.05) is 20.1 Å². The molecule has 0 radical (unpaired) electrons. The van der Waals surface area contributed by atoms with Gasteiger partial charge in [0.25, 0.3) is 0 Å². The molecule has 2 aromatic carbocycles. The van der Waals surface area contributed by atoms with E-state index in [-0.39, 0.29) is 23.7 Å². The van der Waals surface area contributed by atoms with Crippen LogP contribution in [0.3, 0.4) is 0 Å². The maximum atomic E-state index is 12.5. The van der Waals surface area contributed by atoms with Gasteiger partial charge in [0.2, 0.25) is 0 Å². The molecule has 1 amide bonds. The average Bonchev–Trinajstić information content (AvgIpc) is 2.94. The van der Waals surface area contributed by atoms with Gasteiger partial charge in [0, 0.05) is 36.6 Å². The lowest BCUT2D eigenvalue weighted by Gasteiger charge is -2.57. The molecule has 1 N–H and O–H groups in total. The van der Waals surface area contributed by atoms with Crippen LogP contribution in [0.4, 0.5) is 4.79 Å². The summed E-state index contributed by atoms with van der Waals surface area (Å²) in [5, 5.41) is 3.21. The van der Waals surface area contributed by atoms with Crippen molar-refractivity contribution in [1.82, 2.24) is 15.1 Å². The van der Waals surface area contributed by atoms with Crippen molar-refractivity contribution in [3.8, 4) is 0 Å². The van der Waals surface area contributed by atoms with Crippen LogP contribution >= 0.6 is 0 Å². The molecule has 3 aliphatic heterocycles. The monoisotopic (exact) mass is 461 g/mol. The Balaban J connectivity index is 1.31. The minimum atomic E-state index is -0.468. The molecule has 2 aromatic rings. The van der Waals surface area contributed by atoms with Crippen molar-refractivity contribution >= 4 is 6.09 Å². The maximum Gasteiger partial charge on any atom is 0.407 e. The second-order valence-corrected chi connectivity index (χ2v) is 11.6. The lowest BCUT2D eigenvalue weighted by Crippen LogP contribution is -2.67. The van der Waals surface area contributed by atoms with Gasteiger partial charge in [-0.25, -0.2) is 4.79 Å². The molecule has 5 nitrogen and oxygen atoms in total. The number of hydrogen-bond donors (Lipinski definition) is 1. The van der Waals surface area contributed by atoms with Crippen molar-refractivity contribution in [3.63, 3.8) is 0 Å². The molecule has 3 unspecified atom stereocenters. The summed E-state index contributed by atoms with van der Waals surface area (Å²) in [6.45, 7) is 7.94. The zero-order valence-electron chi connectivity index (χ0n) is 21.0. The van der Waals surface area contributed by atoms with Gasteiger partial charge in [0.15, 0.2) is 0 Å². The van der Waals surface area contributed by atoms with Crippen LogP contribution in [0, 0.1) is 5.92 Å². The Hall–Kier alpha value is -2.37. The predicted octanol–water partition coefficient (Wildman–Crippen LogP) is 5.23. The highest BCUT2D eigenvalue weighted by molar-refractivity contribution is 5.68. The van der Waals surface area contributed by atoms with Gasteiger partial charge in [-0.3, -0.25) is 9.80 Å². The maximum absolute atomic E-state index is 12.5. The summed E-state index contributed by atoms with van der Waals surface area (Å²) in [6.07, 6.45) is 4.20. The Labute approximate surface area is 204 Å². The standard InChI is InChI=1S/C29H39N3O2/c1-28(2,3)34-27(33)30-24-17-25-15-16-29(18-24,31(25)4)23-19-32(20-23)26(21-11-7-5-8-12-21)22-13-9-6-10-14-22/h5-14,23-26H,15-20H2,1-4H3,(H,30,33). The molecular weight excluding hydrogens is 422 g/mol. The quantitative estimate of drug-likeness (QED) is 0.662. The van der Waals surface area contributed by atoms with Gasteiger partial charge in [0.1, 0.15) is 5.60 Å². The summed E-state index contributed by atoms with van der Waals surface area (Å²) < 4.78 is 5.57. The number of hydrogen-bond acceptors (Lipinski definition) is 4. The Morgan fingerprint density at radius 1 is 1.03 bits per heavy atom. The zero-order valence-corrected chi connectivity index (χ0v) is 21.0. The van der Waals surface area contributed by atoms with E-state index in [1.807, 2.05) is 20.8 Å². The topological polar surface area (TPSA) is 44.8 Å². The van der Waals surface area contributed by atoms with Crippen LogP contribution in [0.2, 0.25) is 0 Å². The number of ether oxygens (including phenoxy) is 1. The van der Waals surface area contributed by atoms with Crippen LogP contribution in [0.15, 0.2) is 60.7 Å². The Morgan fingerprint density at radius 2 is 1.62 bits per heavy atom. The predicted molar refractivity (Wildman–Crippen MR) is 136 cm³/mol. The Morgan fingerprint density at radius 3 is 2.18 bits per heavy atom. The first-order valence-electron chi connectivity index (χ1n) is 12.8. The number of benzene rings is 2. The van der Waals surface area contributed by atoms with E-state index in [4.69, 9.17) is 4.74 Å². The van der Waals surface area contributed by atoms with Crippen LogP contribution in [-0.4, -0.2) is 59.3 Å². The van der Waals surface area contributed by atoms with E-state index in [9.17, 15) is 4.79 Å². The minimum absolute atomic E-state index is 0.164. The number of nitrogens with one attached hydrogen (secondary N) is 1. The Kier molecular flexibility index (Phi) is 6.19. The van der Waals surface area contributed by atoms with Crippen molar-refractivity contribution in [3.05, 3.63) is 71.8 Å². The van der Waals surface area contributed by atoms with E-state index >= 15 is 0 Å². The van der Waals surface area contributed by atoms with Gasteiger partial charge in [-0.15, -0.1) is 0 Å².